The molecule has 0 aliphatic heterocycles. The molecule has 0 aromatic carbocycles. The van der Waals surface area contributed by atoms with E-state index in [4.69, 9.17) is 0 Å². The zero-order valence-corrected chi connectivity index (χ0v) is 16.4. The summed E-state index contributed by atoms with van der Waals surface area (Å²) in [7, 11) is 0. The van der Waals surface area contributed by atoms with E-state index in [0.717, 1.165) is 28.0 Å². The average Bonchev–Trinajstić information content (AvgIpc) is 3.16. The molecule has 4 aromatic rings. The van der Waals surface area contributed by atoms with Crippen LogP contribution in [-0.4, -0.2) is 36.4 Å². The summed E-state index contributed by atoms with van der Waals surface area (Å²) in [6, 6.07) is 4.79. The number of hydrogen-bond donors (Lipinski definition) is 3. The van der Waals surface area contributed by atoms with Gasteiger partial charge in [-0.3, -0.25) is 15.1 Å². The fraction of sp³-hybridized carbons (Fsp3) is 0.238. The number of halogens is 1. The van der Waals surface area contributed by atoms with Crippen LogP contribution in [0.25, 0.3) is 22.4 Å². The van der Waals surface area contributed by atoms with Gasteiger partial charge in [-0.2, -0.15) is 5.10 Å². The van der Waals surface area contributed by atoms with Crippen molar-refractivity contribution in [1.82, 2.24) is 25.1 Å². The number of H-pyrrole nitrogens is 1. The van der Waals surface area contributed by atoms with Gasteiger partial charge in [-0.05, 0) is 50.1 Å². The first-order chi connectivity index (χ1) is 13.9. The molecule has 0 unspecified atom stereocenters. The van der Waals surface area contributed by atoms with Crippen molar-refractivity contribution in [3.05, 3.63) is 59.4 Å². The second-order valence-corrected chi connectivity index (χ2v) is 7.13. The normalized spacial score (nSPS) is 12.3. The molecule has 0 saturated carbocycles. The minimum Gasteiger partial charge on any atom is -0.393 e. The molecular weight excluding hydrogens is 371 g/mol. The van der Waals surface area contributed by atoms with Crippen LogP contribution >= 0.6 is 0 Å². The van der Waals surface area contributed by atoms with Crippen LogP contribution in [0, 0.1) is 19.7 Å². The van der Waals surface area contributed by atoms with Gasteiger partial charge >= 0.3 is 0 Å². The maximum atomic E-state index is 14.3. The Labute approximate surface area is 167 Å². The second-order valence-electron chi connectivity index (χ2n) is 7.13. The van der Waals surface area contributed by atoms with Gasteiger partial charge < -0.3 is 10.4 Å². The smallest absolute Gasteiger partial charge is 0.151 e. The van der Waals surface area contributed by atoms with Gasteiger partial charge in [0.15, 0.2) is 5.82 Å². The Hall–Kier alpha value is -3.39. The van der Waals surface area contributed by atoms with Crippen molar-refractivity contribution < 1.29 is 9.50 Å². The maximum absolute atomic E-state index is 14.3. The van der Waals surface area contributed by atoms with E-state index in [0.29, 0.717) is 23.3 Å². The minimum atomic E-state index is -0.530. The van der Waals surface area contributed by atoms with E-state index in [1.54, 1.807) is 37.6 Å². The summed E-state index contributed by atoms with van der Waals surface area (Å²) in [5.41, 5.74) is 6.05. The maximum Gasteiger partial charge on any atom is 0.151 e. The van der Waals surface area contributed by atoms with E-state index >= 15 is 0 Å². The number of aliphatic hydroxyl groups is 1. The molecule has 8 heteroatoms. The van der Waals surface area contributed by atoms with Crippen LogP contribution in [0.1, 0.15) is 23.7 Å². The highest BCUT2D eigenvalue weighted by atomic mass is 19.1. The summed E-state index contributed by atoms with van der Waals surface area (Å²) in [4.78, 5) is 13.0. The monoisotopic (exact) mass is 392 g/mol. The zero-order chi connectivity index (χ0) is 20.5. The molecule has 0 bridgehead atoms. The van der Waals surface area contributed by atoms with Gasteiger partial charge in [-0.1, -0.05) is 0 Å². The number of anilines is 2. The standard InChI is InChI=1S/C21H21FN6O/c1-11-8-23-17(20-15(22)5-4-12(2)26-20)7-16(11)27-19-14(6-13(3)29)9-24-18-10-25-28-21(18)19/h4-5,7-10,13,29H,6H2,1-3H3,(H,25,28)(H,23,24,27)/t13-/m1/s1. The molecule has 0 aliphatic rings. The molecule has 4 rings (SSSR count). The van der Waals surface area contributed by atoms with Gasteiger partial charge in [0.2, 0.25) is 0 Å². The summed E-state index contributed by atoms with van der Waals surface area (Å²) in [5.74, 6) is -0.424. The first kappa shape index (κ1) is 18.9. The van der Waals surface area contributed by atoms with Crippen LogP contribution in [0.5, 0.6) is 0 Å². The second kappa shape index (κ2) is 7.56. The lowest BCUT2D eigenvalue weighted by atomic mass is 10.1. The number of rotatable bonds is 5. The quantitative estimate of drug-likeness (QED) is 0.477. The molecule has 0 saturated heterocycles. The van der Waals surface area contributed by atoms with E-state index in [-0.39, 0.29) is 5.69 Å². The molecular formula is C21H21FN6O. The third-order valence-corrected chi connectivity index (χ3v) is 4.66. The summed E-state index contributed by atoms with van der Waals surface area (Å²) in [6.45, 7) is 5.45. The fourth-order valence-corrected chi connectivity index (χ4v) is 3.19. The van der Waals surface area contributed by atoms with E-state index in [1.807, 2.05) is 13.8 Å². The Balaban J connectivity index is 1.81. The third-order valence-electron chi connectivity index (χ3n) is 4.66. The van der Waals surface area contributed by atoms with Gasteiger partial charge in [-0.25, -0.2) is 9.37 Å². The number of aromatic nitrogens is 5. The molecule has 0 aliphatic carbocycles. The molecule has 7 nitrogen and oxygen atoms in total. The van der Waals surface area contributed by atoms with Gasteiger partial charge in [0.1, 0.15) is 16.7 Å². The summed E-state index contributed by atoms with van der Waals surface area (Å²) < 4.78 is 14.3. The van der Waals surface area contributed by atoms with Crippen LogP contribution in [-0.2, 0) is 6.42 Å². The Bertz CT molecular complexity index is 1190. The molecule has 29 heavy (non-hydrogen) atoms. The minimum absolute atomic E-state index is 0.207. The summed E-state index contributed by atoms with van der Waals surface area (Å²) >= 11 is 0. The van der Waals surface area contributed by atoms with Crippen molar-refractivity contribution in [2.75, 3.05) is 5.32 Å². The zero-order valence-electron chi connectivity index (χ0n) is 16.4. The number of aliphatic hydroxyl groups excluding tert-OH is 1. The Morgan fingerprint density at radius 3 is 2.79 bits per heavy atom. The SMILES string of the molecule is Cc1ccc(F)c(-c2cc(Nc3c(C[C@@H](C)O)cnc4cn[nH]c34)c(C)cn2)n1. The van der Waals surface area contributed by atoms with E-state index < -0.39 is 11.9 Å². The molecule has 1 atom stereocenters. The number of nitrogens with zero attached hydrogens (tertiary/aromatic N) is 4. The van der Waals surface area contributed by atoms with Crippen molar-refractivity contribution >= 4 is 22.4 Å². The first-order valence-corrected chi connectivity index (χ1v) is 9.28. The van der Waals surface area contributed by atoms with Crippen molar-refractivity contribution in [3.8, 4) is 11.4 Å². The van der Waals surface area contributed by atoms with Crippen LogP contribution in [0.4, 0.5) is 15.8 Å². The molecule has 4 heterocycles. The van der Waals surface area contributed by atoms with E-state index in [9.17, 15) is 9.50 Å². The van der Waals surface area contributed by atoms with E-state index in [2.05, 4.69) is 30.5 Å². The predicted molar refractivity (Wildman–Crippen MR) is 109 cm³/mol. The fourth-order valence-electron chi connectivity index (χ4n) is 3.19. The Kier molecular flexibility index (Phi) is 4.94. The topological polar surface area (TPSA) is 99.6 Å². The number of hydrogen-bond acceptors (Lipinski definition) is 6. The van der Waals surface area contributed by atoms with E-state index in [1.165, 1.54) is 6.07 Å². The first-order valence-electron chi connectivity index (χ1n) is 9.28. The molecule has 0 spiro atoms. The van der Waals surface area contributed by atoms with Crippen molar-refractivity contribution in [1.29, 1.82) is 0 Å². The number of aromatic amines is 1. The van der Waals surface area contributed by atoms with Gasteiger partial charge in [0.25, 0.3) is 0 Å². The predicted octanol–water partition coefficient (Wildman–Crippen LogP) is 3.84. The van der Waals surface area contributed by atoms with Gasteiger partial charge in [-0.15, -0.1) is 0 Å². The number of aryl methyl sites for hydroxylation is 2. The molecule has 4 aromatic heterocycles. The number of fused-ring (bicyclic) bond motifs is 1. The molecule has 3 N–H and O–H groups in total. The third kappa shape index (κ3) is 3.79. The summed E-state index contributed by atoms with van der Waals surface area (Å²) in [6.07, 6.45) is 4.95. The van der Waals surface area contributed by atoms with Crippen LogP contribution in [0.3, 0.4) is 0 Å². The average molecular weight is 392 g/mol. The molecule has 0 fully saturated rings. The number of nitrogens with one attached hydrogen (secondary N) is 2. The highest BCUT2D eigenvalue weighted by molar-refractivity contribution is 5.91. The lowest BCUT2D eigenvalue weighted by molar-refractivity contribution is 0.195. The van der Waals surface area contributed by atoms with Crippen LogP contribution in [0.2, 0.25) is 0 Å². The number of pyridine rings is 3. The molecule has 148 valence electrons. The molecule has 0 radical (unpaired) electrons. The van der Waals surface area contributed by atoms with Crippen LogP contribution < -0.4 is 5.32 Å². The highest BCUT2D eigenvalue weighted by Crippen LogP contribution is 2.31. The van der Waals surface area contributed by atoms with Crippen LogP contribution in [0.15, 0.2) is 36.8 Å². The van der Waals surface area contributed by atoms with Crippen molar-refractivity contribution in [2.24, 2.45) is 0 Å². The van der Waals surface area contributed by atoms with Crippen molar-refractivity contribution in [3.63, 3.8) is 0 Å². The highest BCUT2D eigenvalue weighted by Gasteiger charge is 2.16. The van der Waals surface area contributed by atoms with Crippen molar-refractivity contribution in [2.45, 2.75) is 33.3 Å². The largest absolute Gasteiger partial charge is 0.393 e. The lowest BCUT2D eigenvalue weighted by Gasteiger charge is -2.16. The Morgan fingerprint density at radius 1 is 1.17 bits per heavy atom. The van der Waals surface area contributed by atoms with Gasteiger partial charge in [0, 0.05) is 30.2 Å². The molecule has 0 amide bonds. The van der Waals surface area contributed by atoms with Gasteiger partial charge in [0.05, 0.1) is 23.7 Å². The summed E-state index contributed by atoms with van der Waals surface area (Å²) in [5, 5.41) is 20.3. The lowest BCUT2D eigenvalue weighted by Crippen LogP contribution is -2.08. The Morgan fingerprint density at radius 2 is 2.00 bits per heavy atom.